The second kappa shape index (κ2) is 8.82. The second-order valence-corrected chi connectivity index (χ2v) is 6.05. The molecule has 6 nitrogen and oxygen atoms in total. The van der Waals surface area contributed by atoms with Gasteiger partial charge >= 0.3 is 0 Å². The molecular weight excluding hydrogens is 316 g/mol. The van der Waals surface area contributed by atoms with E-state index in [1.807, 2.05) is 6.07 Å². The summed E-state index contributed by atoms with van der Waals surface area (Å²) in [6.07, 6.45) is 0. The lowest BCUT2D eigenvalue weighted by Gasteiger charge is -2.17. The summed E-state index contributed by atoms with van der Waals surface area (Å²) in [5, 5.41) is 17.3. The summed E-state index contributed by atoms with van der Waals surface area (Å²) in [7, 11) is 1.71. The fraction of sp³-hybridized carbons (Fsp3) is 0.316. The number of aryl methyl sites for hydroxylation is 1. The molecule has 0 aliphatic heterocycles. The highest BCUT2D eigenvalue weighted by molar-refractivity contribution is 5.79. The number of nitro groups is 1. The average molecular weight is 340 g/mol. The van der Waals surface area contributed by atoms with Crippen LogP contribution in [-0.2, 0) is 6.54 Å². The lowest BCUT2D eigenvalue weighted by Crippen LogP contribution is -2.38. The van der Waals surface area contributed by atoms with Crippen molar-refractivity contribution in [2.24, 2.45) is 4.99 Å². The standard InChI is InChI=1S/C19H24N4O2/c1-14-6-4-8-17(10-14)15(2)12-21-19(20-3)22-13-16-7-5-9-18(11-16)23(24)25/h4-11,15H,12-13H2,1-3H3,(H2,20,21,22). The van der Waals surface area contributed by atoms with E-state index in [0.29, 0.717) is 18.4 Å². The predicted molar refractivity (Wildman–Crippen MR) is 101 cm³/mol. The van der Waals surface area contributed by atoms with Crippen LogP contribution in [0.3, 0.4) is 0 Å². The summed E-state index contributed by atoms with van der Waals surface area (Å²) >= 11 is 0. The van der Waals surface area contributed by atoms with Crippen LogP contribution in [0.4, 0.5) is 5.69 Å². The smallest absolute Gasteiger partial charge is 0.269 e. The molecule has 0 spiro atoms. The Bertz CT molecular complexity index is 759. The van der Waals surface area contributed by atoms with Gasteiger partial charge in [0.1, 0.15) is 0 Å². The minimum atomic E-state index is -0.389. The minimum Gasteiger partial charge on any atom is -0.356 e. The van der Waals surface area contributed by atoms with E-state index in [9.17, 15) is 10.1 Å². The quantitative estimate of drug-likeness (QED) is 0.366. The Kier molecular flexibility index (Phi) is 6.51. The zero-order valence-electron chi connectivity index (χ0n) is 14.8. The number of non-ortho nitro benzene ring substituents is 1. The highest BCUT2D eigenvalue weighted by Crippen LogP contribution is 2.15. The van der Waals surface area contributed by atoms with Crippen molar-refractivity contribution in [1.82, 2.24) is 10.6 Å². The predicted octanol–water partition coefficient (Wildman–Crippen LogP) is 3.37. The Hall–Kier alpha value is -2.89. The van der Waals surface area contributed by atoms with Crippen molar-refractivity contribution in [3.8, 4) is 0 Å². The van der Waals surface area contributed by atoms with Gasteiger partial charge in [-0.3, -0.25) is 15.1 Å². The molecule has 0 amide bonds. The van der Waals surface area contributed by atoms with Crippen LogP contribution in [0.25, 0.3) is 0 Å². The first-order chi connectivity index (χ1) is 12.0. The summed E-state index contributed by atoms with van der Waals surface area (Å²) in [6, 6.07) is 15.0. The summed E-state index contributed by atoms with van der Waals surface area (Å²) < 4.78 is 0. The largest absolute Gasteiger partial charge is 0.356 e. The number of hydrogen-bond acceptors (Lipinski definition) is 3. The third-order valence-electron chi connectivity index (χ3n) is 3.99. The molecule has 0 saturated carbocycles. The Morgan fingerprint density at radius 2 is 1.96 bits per heavy atom. The van der Waals surface area contributed by atoms with Crippen LogP contribution in [0.5, 0.6) is 0 Å². The van der Waals surface area contributed by atoms with Gasteiger partial charge in [0.05, 0.1) is 4.92 Å². The first-order valence-corrected chi connectivity index (χ1v) is 8.24. The van der Waals surface area contributed by atoms with Gasteiger partial charge in [-0.15, -0.1) is 0 Å². The first-order valence-electron chi connectivity index (χ1n) is 8.24. The Balaban J connectivity index is 1.88. The van der Waals surface area contributed by atoms with Crippen molar-refractivity contribution < 1.29 is 4.92 Å². The molecule has 25 heavy (non-hydrogen) atoms. The van der Waals surface area contributed by atoms with Gasteiger partial charge in [0.2, 0.25) is 0 Å². The van der Waals surface area contributed by atoms with E-state index in [0.717, 1.165) is 12.1 Å². The van der Waals surface area contributed by atoms with Gasteiger partial charge in [-0.05, 0) is 24.0 Å². The molecular formula is C19H24N4O2. The summed E-state index contributed by atoms with van der Waals surface area (Å²) in [4.78, 5) is 14.6. The van der Waals surface area contributed by atoms with Crippen LogP contribution in [-0.4, -0.2) is 24.5 Å². The molecule has 2 aromatic carbocycles. The van der Waals surface area contributed by atoms with Crippen LogP contribution >= 0.6 is 0 Å². The minimum absolute atomic E-state index is 0.0929. The summed E-state index contributed by atoms with van der Waals surface area (Å²) in [5.74, 6) is 1.02. The Morgan fingerprint density at radius 1 is 1.20 bits per heavy atom. The number of hydrogen-bond donors (Lipinski definition) is 2. The van der Waals surface area contributed by atoms with E-state index in [4.69, 9.17) is 0 Å². The third kappa shape index (κ3) is 5.60. The van der Waals surface area contributed by atoms with Crippen LogP contribution in [0, 0.1) is 17.0 Å². The summed E-state index contributed by atoms with van der Waals surface area (Å²) in [6.45, 7) is 5.47. The van der Waals surface area contributed by atoms with Gasteiger partial charge < -0.3 is 10.6 Å². The van der Waals surface area contributed by atoms with E-state index < -0.39 is 0 Å². The molecule has 0 aliphatic rings. The highest BCUT2D eigenvalue weighted by Gasteiger charge is 2.08. The normalized spacial score (nSPS) is 12.5. The average Bonchev–Trinajstić information content (AvgIpc) is 2.61. The molecule has 0 saturated heterocycles. The van der Waals surface area contributed by atoms with E-state index in [2.05, 4.69) is 53.7 Å². The number of guanidine groups is 1. The van der Waals surface area contributed by atoms with Gasteiger partial charge in [-0.2, -0.15) is 0 Å². The maximum Gasteiger partial charge on any atom is 0.269 e. The van der Waals surface area contributed by atoms with Gasteiger partial charge in [0.25, 0.3) is 5.69 Å². The van der Waals surface area contributed by atoms with Crippen LogP contribution in [0.1, 0.15) is 29.5 Å². The third-order valence-corrected chi connectivity index (χ3v) is 3.99. The molecule has 0 fully saturated rings. The SMILES string of the molecule is CN=C(NCc1cccc([N+](=O)[O-])c1)NCC(C)c1cccc(C)c1. The lowest BCUT2D eigenvalue weighted by molar-refractivity contribution is -0.384. The molecule has 2 rings (SSSR count). The molecule has 0 heterocycles. The molecule has 1 atom stereocenters. The molecule has 2 N–H and O–H groups in total. The highest BCUT2D eigenvalue weighted by atomic mass is 16.6. The zero-order chi connectivity index (χ0) is 18.2. The van der Waals surface area contributed by atoms with Gasteiger partial charge in [0, 0.05) is 32.3 Å². The van der Waals surface area contributed by atoms with Crippen LogP contribution in [0.15, 0.2) is 53.5 Å². The number of nitro benzene ring substituents is 1. The first kappa shape index (κ1) is 18.4. The summed E-state index contributed by atoms with van der Waals surface area (Å²) in [5.41, 5.74) is 3.46. The van der Waals surface area contributed by atoms with E-state index in [1.165, 1.54) is 17.2 Å². The Labute approximate surface area is 148 Å². The fourth-order valence-electron chi connectivity index (χ4n) is 2.53. The molecule has 132 valence electrons. The molecule has 2 aromatic rings. The number of nitrogens with zero attached hydrogens (tertiary/aromatic N) is 2. The van der Waals surface area contributed by atoms with Gasteiger partial charge in [-0.25, -0.2) is 0 Å². The maximum absolute atomic E-state index is 10.8. The van der Waals surface area contributed by atoms with Crippen molar-refractivity contribution in [1.29, 1.82) is 0 Å². The van der Waals surface area contributed by atoms with Crippen LogP contribution in [0.2, 0.25) is 0 Å². The fourth-order valence-corrected chi connectivity index (χ4v) is 2.53. The Morgan fingerprint density at radius 3 is 2.64 bits per heavy atom. The molecule has 0 aliphatic carbocycles. The molecule has 0 aromatic heterocycles. The maximum atomic E-state index is 10.8. The topological polar surface area (TPSA) is 79.6 Å². The molecule has 1 unspecified atom stereocenters. The van der Waals surface area contributed by atoms with Crippen molar-refractivity contribution in [3.63, 3.8) is 0 Å². The second-order valence-electron chi connectivity index (χ2n) is 6.05. The van der Waals surface area contributed by atoms with Gasteiger partial charge in [0.15, 0.2) is 5.96 Å². The van der Waals surface area contributed by atoms with E-state index in [1.54, 1.807) is 19.2 Å². The van der Waals surface area contributed by atoms with Gasteiger partial charge in [-0.1, -0.05) is 48.9 Å². The number of nitrogens with one attached hydrogen (secondary N) is 2. The van der Waals surface area contributed by atoms with Crippen molar-refractivity contribution in [3.05, 3.63) is 75.3 Å². The zero-order valence-corrected chi connectivity index (χ0v) is 14.8. The van der Waals surface area contributed by atoms with E-state index in [-0.39, 0.29) is 10.6 Å². The van der Waals surface area contributed by atoms with Crippen LogP contribution < -0.4 is 10.6 Å². The lowest BCUT2D eigenvalue weighted by atomic mass is 9.99. The van der Waals surface area contributed by atoms with E-state index >= 15 is 0 Å². The van der Waals surface area contributed by atoms with Crippen molar-refractivity contribution in [2.45, 2.75) is 26.3 Å². The van der Waals surface area contributed by atoms with Crippen molar-refractivity contribution in [2.75, 3.05) is 13.6 Å². The van der Waals surface area contributed by atoms with Crippen molar-refractivity contribution >= 4 is 11.6 Å². The molecule has 0 bridgehead atoms. The molecule has 6 heteroatoms. The molecule has 0 radical (unpaired) electrons. The number of benzene rings is 2. The number of rotatable bonds is 6. The monoisotopic (exact) mass is 340 g/mol. The number of aliphatic imine (C=N–C) groups is 1.